The average Bonchev–Trinajstić information content (AvgIpc) is 3.69. The van der Waals surface area contributed by atoms with Crippen LogP contribution < -0.4 is 4.90 Å². The lowest BCUT2D eigenvalue weighted by Crippen LogP contribution is -2.28. The van der Waals surface area contributed by atoms with Gasteiger partial charge in [-0.05, 0) is 159 Å². The Kier molecular flexibility index (Phi) is 8.82. The first-order valence-electron chi connectivity index (χ1n) is 22.9. The highest BCUT2D eigenvalue weighted by molar-refractivity contribution is 6.24. The molecule has 1 nitrogen and oxygen atoms in total. The molecule has 0 heterocycles. The van der Waals surface area contributed by atoms with Crippen LogP contribution in [-0.2, 0) is 5.41 Å². The van der Waals surface area contributed by atoms with Crippen molar-refractivity contribution in [1.82, 2.24) is 0 Å². The second-order valence-corrected chi connectivity index (χ2v) is 17.6. The number of rotatable bonds is 7. The summed E-state index contributed by atoms with van der Waals surface area (Å²) >= 11 is 0. The maximum atomic E-state index is 2.46. The molecular weight excluding hydrogens is 795 g/mol. The Labute approximate surface area is 385 Å². The number of anilines is 3. The zero-order valence-corrected chi connectivity index (χ0v) is 36.3. The molecule has 1 aliphatic carbocycles. The fourth-order valence-electron chi connectivity index (χ4n) is 11.2. The van der Waals surface area contributed by atoms with Crippen LogP contribution >= 0.6 is 0 Å². The summed E-state index contributed by atoms with van der Waals surface area (Å²) in [6.07, 6.45) is 0. The predicted octanol–water partition coefficient (Wildman–Crippen LogP) is 17.5. The standard InChI is InChI=1S/C65H43N/c1-5-19-48(20-6-1)65(49-21-7-2-8-22-49)63-32-18-17-31-57(63)62-41-47(36-38-64(62)65)59-43-61-55-29-15-13-27-53(55)58(42-60(61)56-30-16-14-28-54(56)59)46-34-33-45-40-52(37-35-44(45)39-46)66(50-23-9-3-10-24-50)51-25-11-4-12-26-51/h1-43H. The van der Waals surface area contributed by atoms with E-state index in [0.717, 1.165) is 17.1 Å². The molecule has 0 unspecified atom stereocenters. The van der Waals surface area contributed by atoms with Crippen molar-refractivity contribution in [2.24, 2.45) is 0 Å². The second kappa shape index (κ2) is 15.3. The van der Waals surface area contributed by atoms with E-state index in [0.29, 0.717) is 0 Å². The van der Waals surface area contributed by atoms with Gasteiger partial charge in [0.1, 0.15) is 0 Å². The summed E-state index contributed by atoms with van der Waals surface area (Å²) in [5, 5.41) is 9.96. The van der Waals surface area contributed by atoms with Crippen LogP contribution in [-0.4, -0.2) is 0 Å². The zero-order valence-electron chi connectivity index (χ0n) is 36.3. The minimum Gasteiger partial charge on any atom is -0.310 e. The van der Waals surface area contributed by atoms with E-state index in [-0.39, 0.29) is 0 Å². The Hall–Kier alpha value is -8.52. The minimum atomic E-state index is -0.430. The molecule has 12 aromatic carbocycles. The quantitative estimate of drug-likeness (QED) is 0.145. The van der Waals surface area contributed by atoms with Gasteiger partial charge in [-0.1, -0.05) is 200 Å². The van der Waals surface area contributed by atoms with Gasteiger partial charge in [0.25, 0.3) is 0 Å². The van der Waals surface area contributed by atoms with Crippen molar-refractivity contribution >= 4 is 60.2 Å². The van der Waals surface area contributed by atoms with Gasteiger partial charge in [0, 0.05) is 17.1 Å². The van der Waals surface area contributed by atoms with E-state index in [9.17, 15) is 0 Å². The fraction of sp³-hybridized carbons (Fsp3) is 0.0154. The molecule has 1 heteroatoms. The van der Waals surface area contributed by atoms with Crippen LogP contribution in [0.2, 0.25) is 0 Å². The van der Waals surface area contributed by atoms with Gasteiger partial charge in [-0.2, -0.15) is 0 Å². The van der Waals surface area contributed by atoms with Gasteiger partial charge in [-0.25, -0.2) is 0 Å². The summed E-state index contributed by atoms with van der Waals surface area (Å²) in [6, 6.07) is 96.3. The van der Waals surface area contributed by atoms with Crippen molar-refractivity contribution in [3.05, 3.63) is 283 Å². The highest BCUT2D eigenvalue weighted by atomic mass is 15.1. The largest absolute Gasteiger partial charge is 0.310 e. The molecule has 308 valence electrons. The molecule has 0 fully saturated rings. The molecule has 0 atom stereocenters. The van der Waals surface area contributed by atoms with Gasteiger partial charge in [0.05, 0.1) is 5.41 Å². The smallest absolute Gasteiger partial charge is 0.0713 e. The predicted molar refractivity (Wildman–Crippen MR) is 279 cm³/mol. The number of benzene rings is 12. The van der Waals surface area contributed by atoms with Gasteiger partial charge in [-0.15, -0.1) is 0 Å². The molecule has 0 radical (unpaired) electrons. The number of hydrogen-bond donors (Lipinski definition) is 0. The summed E-state index contributed by atoms with van der Waals surface area (Å²) in [4.78, 5) is 2.33. The monoisotopic (exact) mass is 837 g/mol. The van der Waals surface area contributed by atoms with Crippen LogP contribution in [0.25, 0.3) is 76.5 Å². The first kappa shape index (κ1) is 38.0. The third-order valence-corrected chi connectivity index (χ3v) is 14.1. The molecule has 0 spiro atoms. The zero-order chi connectivity index (χ0) is 43.6. The molecule has 0 N–H and O–H groups in total. The van der Waals surface area contributed by atoms with Crippen LogP contribution in [0, 0.1) is 0 Å². The molecular formula is C65H43N. The maximum Gasteiger partial charge on any atom is 0.0713 e. The summed E-state index contributed by atoms with van der Waals surface area (Å²) in [5.41, 5.74) is 15.7. The molecule has 1 aliphatic rings. The first-order valence-corrected chi connectivity index (χ1v) is 22.9. The van der Waals surface area contributed by atoms with E-state index in [4.69, 9.17) is 0 Å². The van der Waals surface area contributed by atoms with Crippen LogP contribution in [0.4, 0.5) is 17.1 Å². The van der Waals surface area contributed by atoms with Gasteiger partial charge in [0.2, 0.25) is 0 Å². The number of nitrogens with zero attached hydrogens (tertiary/aromatic N) is 1. The molecule has 0 aliphatic heterocycles. The summed E-state index contributed by atoms with van der Waals surface area (Å²) < 4.78 is 0. The normalized spacial score (nSPS) is 12.7. The molecule has 0 saturated heterocycles. The Morgan fingerprint density at radius 2 is 0.682 bits per heavy atom. The fourth-order valence-corrected chi connectivity index (χ4v) is 11.2. The average molecular weight is 838 g/mol. The van der Waals surface area contributed by atoms with Gasteiger partial charge < -0.3 is 4.90 Å². The minimum absolute atomic E-state index is 0.430. The third-order valence-electron chi connectivity index (χ3n) is 14.1. The Balaban J connectivity index is 0.969. The number of para-hydroxylation sites is 2. The van der Waals surface area contributed by atoms with Crippen LogP contribution in [0.15, 0.2) is 261 Å². The highest BCUT2D eigenvalue weighted by Crippen LogP contribution is 2.57. The van der Waals surface area contributed by atoms with Gasteiger partial charge >= 0.3 is 0 Å². The van der Waals surface area contributed by atoms with Crippen molar-refractivity contribution in [3.8, 4) is 33.4 Å². The van der Waals surface area contributed by atoms with Crippen LogP contribution in [0.1, 0.15) is 22.3 Å². The highest BCUT2D eigenvalue weighted by Gasteiger charge is 2.46. The van der Waals surface area contributed by atoms with E-state index < -0.39 is 5.41 Å². The van der Waals surface area contributed by atoms with E-state index in [1.165, 1.54) is 98.7 Å². The van der Waals surface area contributed by atoms with Crippen molar-refractivity contribution in [1.29, 1.82) is 0 Å². The van der Waals surface area contributed by atoms with Crippen molar-refractivity contribution < 1.29 is 0 Å². The van der Waals surface area contributed by atoms with E-state index in [1.54, 1.807) is 0 Å². The van der Waals surface area contributed by atoms with Gasteiger partial charge in [-0.3, -0.25) is 0 Å². The van der Waals surface area contributed by atoms with E-state index in [1.807, 2.05) is 0 Å². The Morgan fingerprint density at radius 1 is 0.242 bits per heavy atom. The van der Waals surface area contributed by atoms with Crippen LogP contribution in [0.3, 0.4) is 0 Å². The van der Waals surface area contributed by atoms with E-state index in [2.05, 4.69) is 266 Å². The molecule has 0 bridgehead atoms. The van der Waals surface area contributed by atoms with Crippen molar-refractivity contribution in [2.45, 2.75) is 5.41 Å². The molecule has 0 saturated carbocycles. The summed E-state index contributed by atoms with van der Waals surface area (Å²) in [7, 11) is 0. The SMILES string of the molecule is c1ccc(N(c2ccccc2)c2ccc3cc(-c4cc5c6ccccc6c(-c6ccc7c(c6)-c6ccccc6C7(c6ccccc6)c6ccccc6)cc5c5ccccc45)ccc3c2)cc1. The maximum absolute atomic E-state index is 2.46. The second-order valence-electron chi connectivity index (χ2n) is 17.6. The van der Waals surface area contributed by atoms with Crippen LogP contribution in [0.5, 0.6) is 0 Å². The van der Waals surface area contributed by atoms with E-state index >= 15 is 0 Å². The molecule has 13 rings (SSSR count). The lowest BCUT2D eigenvalue weighted by molar-refractivity contribution is 0.768. The summed E-state index contributed by atoms with van der Waals surface area (Å²) in [6.45, 7) is 0. The van der Waals surface area contributed by atoms with Gasteiger partial charge in [0.15, 0.2) is 0 Å². The van der Waals surface area contributed by atoms with Crippen molar-refractivity contribution in [2.75, 3.05) is 4.90 Å². The molecule has 12 aromatic rings. The Morgan fingerprint density at radius 3 is 1.27 bits per heavy atom. The molecule has 66 heavy (non-hydrogen) atoms. The lowest BCUT2D eigenvalue weighted by atomic mass is 9.67. The van der Waals surface area contributed by atoms with Crippen molar-refractivity contribution in [3.63, 3.8) is 0 Å². The Bertz CT molecular complexity index is 3720. The molecule has 0 aromatic heterocycles. The third kappa shape index (κ3) is 5.87. The number of hydrogen-bond acceptors (Lipinski definition) is 1. The first-order chi connectivity index (χ1) is 32.7. The number of fused-ring (bicyclic) bond motifs is 9. The molecule has 0 amide bonds. The lowest BCUT2D eigenvalue weighted by Gasteiger charge is -2.33. The summed E-state index contributed by atoms with van der Waals surface area (Å²) in [5.74, 6) is 0. The topological polar surface area (TPSA) is 3.24 Å².